The molecule has 0 aromatic carbocycles. The Labute approximate surface area is 119 Å². The Morgan fingerprint density at radius 1 is 1.42 bits per heavy atom. The van der Waals surface area contributed by atoms with Gasteiger partial charge in [0.15, 0.2) is 0 Å². The summed E-state index contributed by atoms with van der Waals surface area (Å²) in [7, 11) is 0. The molecular formula is C13H23ClN2O3. The second kappa shape index (κ2) is 6.46. The van der Waals surface area contributed by atoms with Gasteiger partial charge in [-0.15, -0.1) is 11.6 Å². The molecule has 1 heterocycles. The molecule has 1 atom stereocenters. The van der Waals surface area contributed by atoms with Gasteiger partial charge in [0.05, 0.1) is 6.04 Å². The van der Waals surface area contributed by atoms with E-state index in [1.54, 1.807) is 9.80 Å². The zero-order valence-corrected chi connectivity index (χ0v) is 12.9. The Morgan fingerprint density at radius 3 is 2.53 bits per heavy atom. The third-order valence-corrected chi connectivity index (χ3v) is 3.27. The lowest BCUT2D eigenvalue weighted by molar-refractivity contribution is -0.127. The van der Waals surface area contributed by atoms with E-state index in [0.29, 0.717) is 19.6 Å². The van der Waals surface area contributed by atoms with Crippen molar-refractivity contribution in [2.24, 2.45) is 0 Å². The smallest absolute Gasteiger partial charge is 0.410 e. The molecule has 1 rings (SSSR count). The van der Waals surface area contributed by atoms with E-state index in [0.717, 1.165) is 6.42 Å². The van der Waals surface area contributed by atoms with Crippen LogP contribution < -0.4 is 0 Å². The second-order valence-corrected chi connectivity index (χ2v) is 5.95. The minimum absolute atomic E-state index is 0.00865. The Kier molecular flexibility index (Phi) is 5.47. The number of halogens is 1. The first-order valence-electron chi connectivity index (χ1n) is 6.62. The van der Waals surface area contributed by atoms with Gasteiger partial charge in [0.1, 0.15) is 11.5 Å². The summed E-state index contributed by atoms with van der Waals surface area (Å²) in [5.74, 6) is -0.0879. The number of carbonyl (C=O) groups is 2. The summed E-state index contributed by atoms with van der Waals surface area (Å²) in [6, 6.07) is 0.0204. The molecule has 0 aromatic heterocycles. The zero-order chi connectivity index (χ0) is 14.6. The fourth-order valence-electron chi connectivity index (χ4n) is 2.16. The van der Waals surface area contributed by atoms with Gasteiger partial charge in [0, 0.05) is 19.6 Å². The summed E-state index contributed by atoms with van der Waals surface area (Å²) in [5.41, 5.74) is -0.505. The Hall–Kier alpha value is -0.970. The van der Waals surface area contributed by atoms with Gasteiger partial charge < -0.3 is 14.5 Å². The average Bonchev–Trinajstić information content (AvgIpc) is 2.76. The van der Waals surface area contributed by atoms with Crippen molar-refractivity contribution >= 4 is 23.6 Å². The lowest BCUT2D eigenvalue weighted by Crippen LogP contribution is -2.45. The number of nitrogens with zero attached hydrogens (tertiary/aromatic N) is 2. The quantitative estimate of drug-likeness (QED) is 0.748. The third-order valence-electron chi connectivity index (χ3n) is 3.04. The first kappa shape index (κ1) is 16.1. The van der Waals surface area contributed by atoms with Crippen molar-refractivity contribution in [1.82, 2.24) is 9.80 Å². The van der Waals surface area contributed by atoms with Crippen LogP contribution in [-0.2, 0) is 9.53 Å². The summed E-state index contributed by atoms with van der Waals surface area (Å²) in [4.78, 5) is 27.0. The summed E-state index contributed by atoms with van der Waals surface area (Å²) in [6.45, 7) is 9.21. The van der Waals surface area contributed by atoms with Gasteiger partial charge >= 0.3 is 6.09 Å². The normalized spacial score (nSPS) is 19.4. The highest BCUT2D eigenvalue weighted by atomic mass is 35.5. The summed E-state index contributed by atoms with van der Waals surface area (Å²) in [6.07, 6.45) is 0.454. The van der Waals surface area contributed by atoms with Crippen molar-refractivity contribution in [2.75, 3.05) is 25.5 Å². The van der Waals surface area contributed by atoms with Crippen molar-refractivity contribution in [1.29, 1.82) is 0 Å². The molecule has 0 radical (unpaired) electrons. The van der Waals surface area contributed by atoms with Crippen LogP contribution in [0.1, 0.15) is 34.1 Å². The Morgan fingerprint density at radius 2 is 2.05 bits per heavy atom. The Bertz CT molecular complexity index is 341. The molecule has 1 saturated heterocycles. The highest BCUT2D eigenvalue weighted by Crippen LogP contribution is 2.19. The number of likely N-dealkylation sites (N-methyl/N-ethyl adjacent to an activating group) is 1. The van der Waals surface area contributed by atoms with Gasteiger partial charge in [-0.2, -0.15) is 0 Å². The molecule has 0 aromatic rings. The van der Waals surface area contributed by atoms with Crippen LogP contribution in [-0.4, -0.2) is 59.0 Å². The van der Waals surface area contributed by atoms with Crippen LogP contribution in [0.3, 0.4) is 0 Å². The lowest BCUT2D eigenvalue weighted by Gasteiger charge is -2.30. The average molecular weight is 291 g/mol. The molecule has 1 fully saturated rings. The van der Waals surface area contributed by atoms with Crippen molar-refractivity contribution < 1.29 is 14.3 Å². The minimum atomic E-state index is -0.505. The predicted molar refractivity (Wildman–Crippen MR) is 74.3 cm³/mol. The SMILES string of the molecule is CCN(C(=O)OC(C)(C)C)[C@H]1CCN(C(=O)CCl)C1. The number of amides is 2. The van der Waals surface area contributed by atoms with E-state index in [1.165, 1.54) is 0 Å². The van der Waals surface area contributed by atoms with Crippen LogP contribution >= 0.6 is 11.6 Å². The number of ether oxygens (including phenoxy) is 1. The molecule has 0 bridgehead atoms. The van der Waals surface area contributed by atoms with Crippen LogP contribution in [0.2, 0.25) is 0 Å². The lowest BCUT2D eigenvalue weighted by atomic mass is 10.2. The predicted octanol–water partition coefficient (Wildman–Crippen LogP) is 2.08. The molecule has 5 nitrogen and oxygen atoms in total. The van der Waals surface area contributed by atoms with E-state index in [4.69, 9.17) is 16.3 Å². The number of likely N-dealkylation sites (tertiary alicyclic amines) is 1. The van der Waals surface area contributed by atoms with Crippen LogP contribution in [0.25, 0.3) is 0 Å². The van der Waals surface area contributed by atoms with E-state index < -0.39 is 5.60 Å². The molecule has 1 aliphatic rings. The maximum Gasteiger partial charge on any atom is 0.410 e. The van der Waals surface area contributed by atoms with Crippen LogP contribution in [0.4, 0.5) is 4.79 Å². The molecule has 1 aliphatic heterocycles. The molecule has 0 aliphatic carbocycles. The summed E-state index contributed by atoms with van der Waals surface area (Å²) >= 11 is 5.55. The van der Waals surface area contributed by atoms with Gasteiger partial charge in [0.2, 0.25) is 5.91 Å². The maximum absolute atomic E-state index is 12.1. The number of hydrogen-bond donors (Lipinski definition) is 0. The number of carbonyl (C=O) groups excluding carboxylic acids is 2. The molecule has 6 heteroatoms. The molecule has 0 spiro atoms. The molecular weight excluding hydrogens is 268 g/mol. The molecule has 0 saturated carbocycles. The Balaban J connectivity index is 2.62. The first-order chi connectivity index (χ1) is 8.78. The molecule has 110 valence electrons. The highest BCUT2D eigenvalue weighted by molar-refractivity contribution is 6.27. The van der Waals surface area contributed by atoms with Crippen LogP contribution in [0.5, 0.6) is 0 Å². The summed E-state index contributed by atoms with van der Waals surface area (Å²) < 4.78 is 5.38. The van der Waals surface area contributed by atoms with E-state index in [1.807, 2.05) is 27.7 Å². The largest absolute Gasteiger partial charge is 0.444 e. The summed E-state index contributed by atoms with van der Waals surface area (Å²) in [5, 5.41) is 0. The van der Waals surface area contributed by atoms with E-state index in [2.05, 4.69) is 0 Å². The van der Waals surface area contributed by atoms with E-state index >= 15 is 0 Å². The van der Waals surface area contributed by atoms with Gasteiger partial charge in [0.25, 0.3) is 0 Å². The number of rotatable bonds is 3. The first-order valence-corrected chi connectivity index (χ1v) is 7.15. The molecule has 0 N–H and O–H groups in total. The standard InChI is InChI=1S/C13H23ClN2O3/c1-5-16(12(18)19-13(2,3)4)10-6-7-15(9-10)11(17)8-14/h10H,5-9H2,1-4H3/t10-/m0/s1. The monoisotopic (exact) mass is 290 g/mol. The molecule has 19 heavy (non-hydrogen) atoms. The zero-order valence-electron chi connectivity index (χ0n) is 12.1. The van der Waals surface area contributed by atoms with Gasteiger partial charge in [-0.25, -0.2) is 4.79 Å². The van der Waals surface area contributed by atoms with Crippen molar-refractivity contribution in [2.45, 2.75) is 45.8 Å². The topological polar surface area (TPSA) is 49.9 Å². The van der Waals surface area contributed by atoms with E-state index in [9.17, 15) is 9.59 Å². The fourth-order valence-corrected chi connectivity index (χ4v) is 2.33. The third kappa shape index (κ3) is 4.56. The van der Waals surface area contributed by atoms with Crippen molar-refractivity contribution in [3.63, 3.8) is 0 Å². The number of hydrogen-bond acceptors (Lipinski definition) is 3. The van der Waals surface area contributed by atoms with Crippen LogP contribution in [0.15, 0.2) is 0 Å². The molecule has 0 unspecified atom stereocenters. The fraction of sp³-hybridized carbons (Fsp3) is 0.846. The maximum atomic E-state index is 12.1. The molecule has 2 amide bonds. The van der Waals surface area contributed by atoms with Crippen molar-refractivity contribution in [3.05, 3.63) is 0 Å². The van der Waals surface area contributed by atoms with Gasteiger partial charge in [-0.1, -0.05) is 0 Å². The second-order valence-electron chi connectivity index (χ2n) is 5.68. The van der Waals surface area contributed by atoms with Crippen molar-refractivity contribution in [3.8, 4) is 0 Å². The highest BCUT2D eigenvalue weighted by Gasteiger charge is 2.33. The number of alkyl halides is 1. The van der Waals surface area contributed by atoms with Gasteiger partial charge in [-0.3, -0.25) is 4.79 Å². The minimum Gasteiger partial charge on any atom is -0.444 e. The van der Waals surface area contributed by atoms with E-state index in [-0.39, 0.29) is 23.9 Å². The van der Waals surface area contributed by atoms with Crippen LogP contribution in [0, 0.1) is 0 Å². The van der Waals surface area contributed by atoms with Gasteiger partial charge in [-0.05, 0) is 34.1 Å².